The molecule has 17 heteroatoms. The van der Waals surface area contributed by atoms with Crippen molar-refractivity contribution in [3.63, 3.8) is 0 Å². The number of aliphatic hydroxyl groups is 1. The van der Waals surface area contributed by atoms with Crippen LogP contribution in [-0.4, -0.2) is 59.6 Å². The lowest BCUT2D eigenvalue weighted by Crippen LogP contribution is -1.88. The van der Waals surface area contributed by atoms with Gasteiger partial charge in [-0.2, -0.15) is 0 Å². The predicted octanol–water partition coefficient (Wildman–Crippen LogP) is 18.0. The monoisotopic (exact) mass is 1210 g/mol. The number of halogens is 1. The number of ketones is 5. The van der Waals surface area contributed by atoms with Gasteiger partial charge in [0.15, 0.2) is 28.9 Å². The Hall–Kier alpha value is -7.80. The van der Waals surface area contributed by atoms with E-state index in [2.05, 4.69) is 0 Å². The summed E-state index contributed by atoms with van der Waals surface area (Å²) in [5.74, 6) is -0.209. The van der Waals surface area contributed by atoms with Crippen molar-refractivity contribution in [2.75, 3.05) is 0 Å². The summed E-state index contributed by atoms with van der Waals surface area (Å²) in [7, 11) is 0. The molecule has 5 aromatic carbocycles. The number of carbonyl (C=O) groups excluding carboxylic acids is 5. The second kappa shape index (κ2) is 28.8. The molecule has 0 atom stereocenters. The third-order valence-corrected chi connectivity index (χ3v) is 17.9. The molecule has 0 saturated carbocycles. The van der Waals surface area contributed by atoms with Crippen molar-refractivity contribution in [2.24, 2.45) is 0 Å². The SMILES string of the molecule is CC(=O)c1csc(-c2ccc(C)c(C)c2)c1O.CC(=O)c1csc(-c2ccc(C)cc2)c1O.CC(=O)c1csc(-c2ccc(C)cc2)c1O.CC(=O)c1csc(-c2ccc(CO)cc2)c1O.CC(=O)c1csc(-c2cccc(Cl)c2)c1O. The Morgan fingerprint density at radius 3 is 0.915 bits per heavy atom. The van der Waals surface area contributed by atoms with E-state index in [-0.39, 0.29) is 64.3 Å². The zero-order valence-electron chi connectivity index (χ0n) is 46.2. The molecule has 11 nitrogen and oxygen atoms in total. The quantitative estimate of drug-likeness (QED) is 0.0672. The first kappa shape index (κ1) is 63.4. The third kappa shape index (κ3) is 15.8. The smallest absolute Gasteiger partial charge is 0.164 e. The van der Waals surface area contributed by atoms with Gasteiger partial charge in [-0.3, -0.25) is 24.0 Å². The summed E-state index contributed by atoms with van der Waals surface area (Å²) < 4.78 is 0. The number of carbonyl (C=O) groups is 5. The van der Waals surface area contributed by atoms with E-state index in [0.717, 1.165) is 48.0 Å². The largest absolute Gasteiger partial charge is 0.506 e. The van der Waals surface area contributed by atoms with Gasteiger partial charge in [-0.25, -0.2) is 0 Å². The van der Waals surface area contributed by atoms with Crippen LogP contribution in [0.15, 0.2) is 142 Å². The van der Waals surface area contributed by atoms with Gasteiger partial charge in [-0.15, -0.1) is 56.7 Å². The molecule has 10 rings (SSSR count). The Morgan fingerprint density at radius 2 is 0.646 bits per heavy atom. The summed E-state index contributed by atoms with van der Waals surface area (Å²) in [4.78, 5) is 59.8. The lowest BCUT2D eigenvalue weighted by molar-refractivity contribution is 0.100. The average Bonchev–Trinajstić information content (AvgIpc) is 4.33. The van der Waals surface area contributed by atoms with Crippen LogP contribution in [0.25, 0.3) is 52.2 Å². The molecular formula is C65H59ClO11S5. The summed E-state index contributed by atoms with van der Waals surface area (Å²) in [6.45, 7) is 15.4. The molecule has 0 aliphatic rings. The minimum absolute atomic E-state index is 0.00456. The van der Waals surface area contributed by atoms with Crippen molar-refractivity contribution in [1.29, 1.82) is 0 Å². The number of Topliss-reactive ketones (excluding diaryl/α,β-unsaturated/α-hetero) is 5. The number of benzene rings is 5. The summed E-state index contributed by atoms with van der Waals surface area (Å²) in [5.41, 5.74) is 12.0. The Morgan fingerprint density at radius 1 is 0.366 bits per heavy atom. The maximum Gasteiger partial charge on any atom is 0.164 e. The first-order valence-electron chi connectivity index (χ1n) is 25.2. The van der Waals surface area contributed by atoms with Crippen LogP contribution >= 0.6 is 68.3 Å². The molecule has 0 bridgehead atoms. The van der Waals surface area contributed by atoms with Gasteiger partial charge in [-0.1, -0.05) is 126 Å². The molecule has 82 heavy (non-hydrogen) atoms. The minimum Gasteiger partial charge on any atom is -0.506 e. The number of thiophene rings is 5. The highest BCUT2D eigenvalue weighted by atomic mass is 35.5. The fourth-order valence-corrected chi connectivity index (χ4v) is 12.9. The molecule has 0 amide bonds. The average molecular weight is 1210 g/mol. The topological polar surface area (TPSA) is 207 Å². The molecule has 5 heterocycles. The molecule has 0 aliphatic carbocycles. The molecule has 6 N–H and O–H groups in total. The summed E-state index contributed by atoms with van der Waals surface area (Å²) in [5, 5.41) is 67.6. The fourth-order valence-electron chi connectivity index (χ4n) is 7.72. The summed E-state index contributed by atoms with van der Waals surface area (Å²) >= 11 is 12.7. The van der Waals surface area contributed by atoms with E-state index in [9.17, 15) is 49.5 Å². The molecule has 0 aliphatic heterocycles. The van der Waals surface area contributed by atoms with Crippen LogP contribution in [0.4, 0.5) is 0 Å². The van der Waals surface area contributed by atoms with Crippen molar-refractivity contribution >= 4 is 97.2 Å². The first-order chi connectivity index (χ1) is 38.9. The van der Waals surface area contributed by atoms with Crippen LogP contribution in [0.3, 0.4) is 0 Å². The molecule has 0 saturated heterocycles. The molecule has 0 radical (unpaired) electrons. The molecule has 0 spiro atoms. The highest BCUT2D eigenvalue weighted by Crippen LogP contribution is 2.43. The number of aliphatic hydroxyl groups excluding tert-OH is 1. The van der Waals surface area contributed by atoms with E-state index in [4.69, 9.17) is 16.7 Å². The predicted molar refractivity (Wildman–Crippen MR) is 337 cm³/mol. The number of hydrogen-bond acceptors (Lipinski definition) is 16. The molecular weight excluding hydrogens is 1150 g/mol. The van der Waals surface area contributed by atoms with Crippen LogP contribution in [0.1, 0.15) is 114 Å². The number of aromatic hydroxyl groups is 5. The lowest BCUT2D eigenvalue weighted by Gasteiger charge is -2.04. The maximum atomic E-state index is 11.3. The van der Waals surface area contributed by atoms with Gasteiger partial charge in [0.25, 0.3) is 0 Å². The Labute approximate surface area is 501 Å². The standard InChI is InChI=1S/C14H14O2S.C13H12O3S.2C13H12O2S.C12H9ClO2S/c1-8-4-5-11(6-9(8)2)14-13(16)12(7-17-14)10(3)15;1-8(15)11-7-17-13(12(11)16)10-4-2-9(6-14)3-5-10;2*1-8-3-5-10(6-4-8)13-12(15)11(7-16-13)9(2)14;1-7(14)10-6-16-12(11(10)15)8-3-2-4-9(13)5-8/h4-7,16H,1-3H3;2-5,7,14,16H,6H2,1H3;2*3-7,15H,1-2H3;2-6,15H,1H3. The lowest BCUT2D eigenvalue weighted by atomic mass is 10.0. The second-order valence-corrected chi connectivity index (χ2v) is 23.6. The normalized spacial score (nSPS) is 10.4. The van der Waals surface area contributed by atoms with Gasteiger partial charge in [0, 0.05) is 31.9 Å². The van der Waals surface area contributed by atoms with Gasteiger partial charge < -0.3 is 30.6 Å². The summed E-state index contributed by atoms with van der Waals surface area (Å²) in [6, 6.07) is 36.2. The van der Waals surface area contributed by atoms with E-state index in [1.807, 2.05) is 119 Å². The number of aryl methyl sites for hydroxylation is 4. The highest BCUT2D eigenvalue weighted by Gasteiger charge is 2.20. The number of rotatable bonds is 11. The molecule has 10 aromatic rings. The zero-order chi connectivity index (χ0) is 60.1. The molecule has 0 unspecified atom stereocenters. The van der Waals surface area contributed by atoms with Crippen molar-refractivity contribution in [2.45, 2.75) is 68.9 Å². The van der Waals surface area contributed by atoms with E-state index in [0.29, 0.717) is 42.6 Å². The molecule has 422 valence electrons. The van der Waals surface area contributed by atoms with Crippen LogP contribution in [-0.2, 0) is 6.61 Å². The van der Waals surface area contributed by atoms with E-state index in [1.54, 1.807) is 51.2 Å². The fraction of sp³-hybridized carbons (Fsp3) is 0.154. The van der Waals surface area contributed by atoms with Crippen LogP contribution in [0.5, 0.6) is 28.7 Å². The highest BCUT2D eigenvalue weighted by molar-refractivity contribution is 7.15. The second-order valence-electron chi connectivity index (χ2n) is 18.8. The van der Waals surface area contributed by atoms with Gasteiger partial charge in [-0.05, 0) is 119 Å². The Bertz CT molecular complexity index is 3790. The Balaban J connectivity index is 0.000000165. The van der Waals surface area contributed by atoms with Crippen molar-refractivity contribution in [1.82, 2.24) is 0 Å². The Kier molecular flexibility index (Phi) is 22.2. The van der Waals surface area contributed by atoms with Crippen LogP contribution in [0, 0.1) is 27.7 Å². The van der Waals surface area contributed by atoms with Crippen molar-refractivity contribution in [3.8, 4) is 81.0 Å². The van der Waals surface area contributed by atoms with Gasteiger partial charge in [0.2, 0.25) is 0 Å². The van der Waals surface area contributed by atoms with E-state index < -0.39 is 0 Å². The minimum atomic E-state index is -0.142. The van der Waals surface area contributed by atoms with E-state index in [1.165, 1.54) is 114 Å². The van der Waals surface area contributed by atoms with Crippen LogP contribution < -0.4 is 0 Å². The van der Waals surface area contributed by atoms with Crippen molar-refractivity contribution < 1.29 is 54.6 Å². The van der Waals surface area contributed by atoms with Crippen molar-refractivity contribution in [3.05, 3.63) is 203 Å². The first-order valence-corrected chi connectivity index (χ1v) is 29.9. The molecule has 5 aromatic heterocycles. The van der Waals surface area contributed by atoms with Crippen LogP contribution in [0.2, 0.25) is 5.02 Å². The number of hydrogen-bond donors (Lipinski definition) is 6. The zero-order valence-corrected chi connectivity index (χ0v) is 51.0. The van der Waals surface area contributed by atoms with Gasteiger partial charge in [0.05, 0.1) is 58.8 Å². The van der Waals surface area contributed by atoms with E-state index >= 15 is 0 Å². The molecule has 0 fully saturated rings. The maximum absolute atomic E-state index is 11.3. The third-order valence-electron chi connectivity index (χ3n) is 12.6. The summed E-state index contributed by atoms with van der Waals surface area (Å²) in [6.07, 6.45) is 0. The van der Waals surface area contributed by atoms with Gasteiger partial charge in [0.1, 0.15) is 28.7 Å². The van der Waals surface area contributed by atoms with Gasteiger partial charge >= 0.3 is 0 Å².